The zero-order chi connectivity index (χ0) is 16.9. The number of carbonyl (C=O) groups is 1. The Morgan fingerprint density at radius 3 is 2.75 bits per heavy atom. The number of fused-ring (bicyclic) bond motifs is 5. The Morgan fingerprint density at radius 2 is 1.96 bits per heavy atom. The molecule has 24 heavy (non-hydrogen) atoms. The Hall–Kier alpha value is -0.890. The maximum atomic E-state index is 11.9. The Morgan fingerprint density at radius 1 is 1.12 bits per heavy atom. The Labute approximate surface area is 146 Å². The van der Waals surface area contributed by atoms with E-state index in [2.05, 4.69) is 19.9 Å². The van der Waals surface area contributed by atoms with Crippen LogP contribution in [0.2, 0.25) is 0 Å². The van der Waals surface area contributed by atoms with E-state index in [1.54, 1.807) is 0 Å². The molecule has 0 spiro atoms. The van der Waals surface area contributed by atoms with E-state index in [4.69, 9.17) is 5.11 Å². The van der Waals surface area contributed by atoms with Crippen molar-refractivity contribution in [2.45, 2.75) is 65.2 Å². The molecule has 0 radical (unpaired) electrons. The fraction of sp³-hybridized carbons (Fsp3) is 0.773. The van der Waals surface area contributed by atoms with Gasteiger partial charge in [-0.05, 0) is 85.5 Å². The molecular formula is C22H32O2. The molecule has 4 aliphatic carbocycles. The molecule has 4 rings (SSSR count). The highest BCUT2D eigenvalue weighted by molar-refractivity contribution is 5.91. The van der Waals surface area contributed by atoms with Gasteiger partial charge in [0.15, 0.2) is 5.78 Å². The molecule has 0 saturated heterocycles. The molecule has 0 bridgehead atoms. The second-order valence-corrected chi connectivity index (χ2v) is 9.31. The van der Waals surface area contributed by atoms with Crippen molar-refractivity contribution in [3.8, 4) is 0 Å². The summed E-state index contributed by atoms with van der Waals surface area (Å²) in [6, 6.07) is 0. The number of carbonyl (C=O) groups excluding carboxylic acids is 1. The third-order valence-electron chi connectivity index (χ3n) is 8.51. The van der Waals surface area contributed by atoms with Crippen molar-refractivity contribution in [2.24, 2.45) is 34.5 Å². The predicted octanol–water partition coefficient (Wildman–Crippen LogP) is 4.68. The monoisotopic (exact) mass is 328 g/mol. The van der Waals surface area contributed by atoms with E-state index in [9.17, 15) is 4.79 Å². The molecule has 2 nitrogen and oxygen atoms in total. The van der Waals surface area contributed by atoms with E-state index in [1.165, 1.54) is 37.7 Å². The smallest absolute Gasteiger partial charge is 0.155 e. The van der Waals surface area contributed by atoms with Gasteiger partial charge in [0.05, 0.1) is 6.61 Å². The van der Waals surface area contributed by atoms with Crippen LogP contribution >= 0.6 is 0 Å². The minimum absolute atomic E-state index is 0.170. The second-order valence-electron chi connectivity index (χ2n) is 9.31. The van der Waals surface area contributed by atoms with Gasteiger partial charge in [0, 0.05) is 6.42 Å². The molecule has 1 unspecified atom stereocenters. The summed E-state index contributed by atoms with van der Waals surface area (Å²) in [7, 11) is 0. The van der Waals surface area contributed by atoms with Crippen molar-refractivity contribution in [3.63, 3.8) is 0 Å². The summed E-state index contributed by atoms with van der Waals surface area (Å²) in [5.41, 5.74) is 2.19. The van der Waals surface area contributed by atoms with Crippen LogP contribution in [0.3, 0.4) is 0 Å². The zero-order valence-electron chi connectivity index (χ0n) is 15.3. The minimum Gasteiger partial charge on any atom is -0.392 e. The van der Waals surface area contributed by atoms with Gasteiger partial charge in [-0.1, -0.05) is 31.6 Å². The van der Waals surface area contributed by atoms with E-state index >= 15 is 0 Å². The molecule has 0 amide bonds. The van der Waals surface area contributed by atoms with Crippen LogP contribution in [0.25, 0.3) is 0 Å². The van der Waals surface area contributed by atoms with E-state index < -0.39 is 0 Å². The minimum atomic E-state index is 0.170. The molecule has 132 valence electrons. The Bertz CT molecular complexity index is 589. The van der Waals surface area contributed by atoms with Gasteiger partial charge in [-0.15, -0.1) is 0 Å². The van der Waals surface area contributed by atoms with Gasteiger partial charge in [0.1, 0.15) is 0 Å². The van der Waals surface area contributed by atoms with Crippen LogP contribution in [-0.2, 0) is 4.79 Å². The van der Waals surface area contributed by atoms with Crippen molar-refractivity contribution in [3.05, 3.63) is 23.8 Å². The fourth-order valence-corrected chi connectivity index (χ4v) is 7.14. The van der Waals surface area contributed by atoms with Crippen molar-refractivity contribution in [1.29, 1.82) is 0 Å². The van der Waals surface area contributed by atoms with Crippen molar-refractivity contribution in [1.82, 2.24) is 0 Å². The molecule has 0 heterocycles. The molecule has 2 heteroatoms. The molecule has 4 aliphatic rings. The maximum absolute atomic E-state index is 11.9. The van der Waals surface area contributed by atoms with Crippen LogP contribution in [-0.4, -0.2) is 17.5 Å². The average Bonchev–Trinajstić information content (AvgIpc) is 2.90. The van der Waals surface area contributed by atoms with Crippen LogP contribution < -0.4 is 0 Å². The molecule has 0 aliphatic heterocycles. The van der Waals surface area contributed by atoms with Crippen LogP contribution in [0.1, 0.15) is 65.2 Å². The lowest BCUT2D eigenvalue weighted by atomic mass is 9.47. The van der Waals surface area contributed by atoms with Gasteiger partial charge in [-0.25, -0.2) is 0 Å². The van der Waals surface area contributed by atoms with Gasteiger partial charge >= 0.3 is 0 Å². The number of allylic oxidation sites excluding steroid dienone is 2. The third-order valence-corrected chi connectivity index (χ3v) is 8.51. The Kier molecular flexibility index (Phi) is 4.03. The molecule has 0 aromatic carbocycles. The molecule has 3 fully saturated rings. The lowest BCUT2D eigenvalue weighted by molar-refractivity contribution is -0.117. The molecule has 0 aromatic rings. The van der Waals surface area contributed by atoms with Crippen LogP contribution in [0, 0.1) is 34.5 Å². The normalized spacial score (nSPS) is 48.0. The summed E-state index contributed by atoms with van der Waals surface area (Å²) >= 11 is 0. The SMILES string of the molecule is C[C@]12CCC(=O)C=C1CC[C@@H]1[C@@H]2CC[C@]2(C)C(C=CCO)CC[C@@H]12. The highest BCUT2D eigenvalue weighted by Gasteiger charge is 2.58. The Balaban J connectivity index is 1.62. The maximum Gasteiger partial charge on any atom is 0.155 e. The standard InChI is InChI=1S/C22H32O2/c1-21-12-10-20-18(19(21)8-6-15(21)4-3-13-23)7-5-16-14-17(24)9-11-22(16,20)2/h3-4,14-15,18-20,23H,5-13H2,1-2H3/t15?,18-,19-,20-,21+,22-/m0/s1. The molecule has 6 atom stereocenters. The van der Waals surface area contributed by atoms with Gasteiger partial charge in [0.25, 0.3) is 0 Å². The first-order valence-corrected chi connectivity index (χ1v) is 10.0. The summed E-state index contributed by atoms with van der Waals surface area (Å²) in [6.45, 7) is 5.15. The third kappa shape index (κ3) is 2.29. The van der Waals surface area contributed by atoms with E-state index in [0.29, 0.717) is 17.1 Å². The molecule has 3 saturated carbocycles. The van der Waals surface area contributed by atoms with Gasteiger partial charge in [0.2, 0.25) is 0 Å². The number of hydrogen-bond acceptors (Lipinski definition) is 2. The van der Waals surface area contributed by atoms with E-state index in [0.717, 1.165) is 37.0 Å². The number of rotatable bonds is 2. The first kappa shape index (κ1) is 16.6. The molecule has 0 aromatic heterocycles. The van der Waals surface area contributed by atoms with Gasteiger partial charge in [-0.2, -0.15) is 0 Å². The van der Waals surface area contributed by atoms with Crippen LogP contribution in [0.5, 0.6) is 0 Å². The summed E-state index contributed by atoms with van der Waals surface area (Å²) in [4.78, 5) is 11.9. The summed E-state index contributed by atoms with van der Waals surface area (Å²) < 4.78 is 0. The first-order chi connectivity index (χ1) is 11.5. The van der Waals surface area contributed by atoms with E-state index in [1.807, 2.05) is 12.2 Å². The zero-order valence-corrected chi connectivity index (χ0v) is 15.3. The number of hydrogen-bond donors (Lipinski definition) is 1. The van der Waals surface area contributed by atoms with Gasteiger partial charge in [-0.3, -0.25) is 4.79 Å². The topological polar surface area (TPSA) is 37.3 Å². The van der Waals surface area contributed by atoms with Crippen molar-refractivity contribution in [2.75, 3.05) is 6.61 Å². The number of aliphatic hydroxyl groups excluding tert-OH is 1. The molecular weight excluding hydrogens is 296 g/mol. The fourth-order valence-electron chi connectivity index (χ4n) is 7.14. The van der Waals surface area contributed by atoms with E-state index in [-0.39, 0.29) is 12.0 Å². The highest BCUT2D eigenvalue weighted by atomic mass is 16.2. The van der Waals surface area contributed by atoms with Crippen LogP contribution in [0.15, 0.2) is 23.8 Å². The second kappa shape index (κ2) is 5.83. The quantitative estimate of drug-likeness (QED) is 0.747. The highest BCUT2D eigenvalue weighted by Crippen LogP contribution is 2.66. The number of aliphatic hydroxyl groups is 1. The number of ketones is 1. The first-order valence-electron chi connectivity index (χ1n) is 10.0. The van der Waals surface area contributed by atoms with Crippen LogP contribution in [0.4, 0.5) is 0 Å². The van der Waals surface area contributed by atoms with Crippen molar-refractivity contribution < 1.29 is 9.90 Å². The summed E-state index contributed by atoms with van der Waals surface area (Å²) in [5.74, 6) is 3.46. The summed E-state index contributed by atoms with van der Waals surface area (Å²) in [6.07, 6.45) is 15.8. The summed E-state index contributed by atoms with van der Waals surface area (Å²) in [5, 5.41) is 9.16. The lowest BCUT2D eigenvalue weighted by Gasteiger charge is -2.58. The molecule has 1 N–H and O–H groups in total. The van der Waals surface area contributed by atoms with Crippen molar-refractivity contribution >= 4 is 5.78 Å². The average molecular weight is 328 g/mol. The predicted molar refractivity (Wildman–Crippen MR) is 96.4 cm³/mol. The van der Waals surface area contributed by atoms with Gasteiger partial charge < -0.3 is 5.11 Å². The lowest BCUT2D eigenvalue weighted by Crippen LogP contribution is -2.50. The largest absolute Gasteiger partial charge is 0.392 e.